The summed E-state index contributed by atoms with van der Waals surface area (Å²) >= 11 is 0. The molecular weight excluding hydrogens is 567 g/mol. The third-order valence-corrected chi connectivity index (χ3v) is 8.98. The Balaban J connectivity index is 2.32. The number of esters is 1. The van der Waals surface area contributed by atoms with Crippen molar-refractivity contribution < 1.29 is 44.5 Å². The first-order valence-corrected chi connectivity index (χ1v) is 15.5. The number of nitrogens with one attached hydrogen (secondary N) is 1. The summed E-state index contributed by atoms with van der Waals surface area (Å²) in [6, 6.07) is 11.8. The van der Waals surface area contributed by atoms with E-state index in [1.807, 2.05) is 20.8 Å². The van der Waals surface area contributed by atoms with Gasteiger partial charge in [-0.25, -0.2) is 4.79 Å². The van der Waals surface area contributed by atoms with Gasteiger partial charge in [-0.15, -0.1) is 0 Å². The van der Waals surface area contributed by atoms with E-state index in [4.69, 9.17) is 9.16 Å². The van der Waals surface area contributed by atoms with Crippen LogP contribution in [0, 0.1) is 10.8 Å². The van der Waals surface area contributed by atoms with Crippen molar-refractivity contribution in [2.75, 3.05) is 6.61 Å². The summed E-state index contributed by atoms with van der Waals surface area (Å²) in [5.41, 5.74) is -6.19. The van der Waals surface area contributed by atoms with Gasteiger partial charge in [-0.05, 0) is 40.6 Å². The molecule has 2 aromatic carbocycles. The van der Waals surface area contributed by atoms with Crippen LogP contribution in [0.15, 0.2) is 48.5 Å². The standard InChI is InChI=1S/C27H36F3NO7SSi/c1-25(2,3)17-40-37-16-22(26(4,5)6)31-23(32)19-12-13-21(38-39(34,35)27(28,29)30)20(14-19)24(33)36-15-18-10-8-7-9-11-18/h7-14,22H,15-17,40H2,1-6H3,(H,31,32). The Labute approximate surface area is 235 Å². The first-order chi connectivity index (χ1) is 18.3. The van der Waals surface area contributed by atoms with Crippen LogP contribution in [-0.2, 0) is 25.9 Å². The zero-order valence-corrected chi connectivity index (χ0v) is 25.7. The number of carbonyl (C=O) groups is 2. The average molecular weight is 604 g/mol. The van der Waals surface area contributed by atoms with Gasteiger partial charge in [0.2, 0.25) is 0 Å². The highest BCUT2D eigenvalue weighted by Crippen LogP contribution is 2.30. The van der Waals surface area contributed by atoms with Crippen molar-refractivity contribution in [3.63, 3.8) is 0 Å². The number of ether oxygens (including phenoxy) is 1. The molecule has 0 saturated carbocycles. The molecule has 0 aromatic heterocycles. The number of hydrogen-bond donors (Lipinski definition) is 1. The molecule has 222 valence electrons. The van der Waals surface area contributed by atoms with Crippen molar-refractivity contribution in [1.29, 1.82) is 0 Å². The molecule has 1 unspecified atom stereocenters. The van der Waals surface area contributed by atoms with Crippen molar-refractivity contribution in [3.05, 3.63) is 65.2 Å². The number of benzene rings is 2. The highest BCUT2D eigenvalue weighted by molar-refractivity contribution is 7.88. The maximum absolute atomic E-state index is 13.2. The lowest BCUT2D eigenvalue weighted by Crippen LogP contribution is -2.47. The van der Waals surface area contributed by atoms with Crippen molar-refractivity contribution in [2.45, 2.75) is 65.7 Å². The largest absolute Gasteiger partial charge is 0.534 e. The van der Waals surface area contributed by atoms with Gasteiger partial charge in [-0.3, -0.25) is 4.79 Å². The van der Waals surface area contributed by atoms with Gasteiger partial charge >= 0.3 is 21.6 Å². The van der Waals surface area contributed by atoms with Crippen molar-refractivity contribution in [1.82, 2.24) is 5.32 Å². The lowest BCUT2D eigenvalue weighted by Gasteiger charge is -2.32. The van der Waals surface area contributed by atoms with E-state index >= 15 is 0 Å². The fraction of sp³-hybridized carbons (Fsp3) is 0.481. The Bertz CT molecular complexity index is 1270. The maximum Gasteiger partial charge on any atom is 0.534 e. The Morgan fingerprint density at radius 2 is 1.60 bits per heavy atom. The van der Waals surface area contributed by atoms with Gasteiger partial charge in [0.1, 0.15) is 12.2 Å². The molecular formula is C27H36F3NO7SSi. The van der Waals surface area contributed by atoms with Crippen LogP contribution in [0.2, 0.25) is 6.04 Å². The van der Waals surface area contributed by atoms with Gasteiger partial charge < -0.3 is 18.7 Å². The van der Waals surface area contributed by atoms with Gasteiger partial charge in [0, 0.05) is 5.56 Å². The van der Waals surface area contributed by atoms with Gasteiger partial charge in [0.15, 0.2) is 15.5 Å². The fourth-order valence-corrected chi connectivity index (χ4v) is 4.83. The van der Waals surface area contributed by atoms with Crippen molar-refractivity contribution in [2.24, 2.45) is 10.8 Å². The Morgan fingerprint density at radius 3 is 2.15 bits per heavy atom. The fourth-order valence-electron chi connectivity index (χ4n) is 3.20. The maximum atomic E-state index is 13.2. The molecule has 40 heavy (non-hydrogen) atoms. The van der Waals surface area contributed by atoms with Crippen LogP contribution in [0.25, 0.3) is 0 Å². The summed E-state index contributed by atoms with van der Waals surface area (Å²) in [7, 11) is -6.94. The Hall–Kier alpha value is -2.90. The van der Waals surface area contributed by atoms with Crippen LogP contribution < -0.4 is 9.50 Å². The zero-order valence-electron chi connectivity index (χ0n) is 23.4. The summed E-state index contributed by atoms with van der Waals surface area (Å²) in [5, 5.41) is 2.85. The topological polar surface area (TPSA) is 108 Å². The predicted octanol–water partition coefficient (Wildman–Crippen LogP) is 4.98. The Morgan fingerprint density at radius 1 is 0.975 bits per heavy atom. The molecule has 0 heterocycles. The molecule has 2 aromatic rings. The minimum absolute atomic E-state index is 0.107. The zero-order chi connectivity index (χ0) is 30.4. The lowest BCUT2D eigenvalue weighted by molar-refractivity contribution is -0.0500. The Kier molecular flexibility index (Phi) is 11.0. The third kappa shape index (κ3) is 10.2. The summed E-state index contributed by atoms with van der Waals surface area (Å²) in [6.45, 7) is 12.1. The summed E-state index contributed by atoms with van der Waals surface area (Å²) in [4.78, 5) is 26.0. The monoisotopic (exact) mass is 603 g/mol. The molecule has 0 fully saturated rings. The van der Waals surface area contributed by atoms with E-state index in [9.17, 15) is 31.2 Å². The highest BCUT2D eigenvalue weighted by atomic mass is 32.2. The van der Waals surface area contributed by atoms with Gasteiger partial charge in [-0.2, -0.15) is 21.6 Å². The molecule has 1 amide bonds. The number of carbonyl (C=O) groups excluding carboxylic acids is 2. The number of amides is 1. The second kappa shape index (κ2) is 13.2. The molecule has 1 atom stereocenters. The second-order valence-corrected chi connectivity index (χ2v) is 14.4. The van der Waals surface area contributed by atoms with Crippen LogP contribution in [0.1, 0.15) is 67.8 Å². The van der Waals surface area contributed by atoms with E-state index in [1.54, 1.807) is 30.3 Å². The van der Waals surface area contributed by atoms with E-state index in [0.29, 0.717) is 5.56 Å². The number of halogens is 3. The number of alkyl halides is 3. The summed E-state index contributed by atoms with van der Waals surface area (Å²) < 4.78 is 77.6. The molecule has 0 aliphatic rings. The normalized spacial score (nSPS) is 13.7. The number of rotatable bonds is 11. The summed E-state index contributed by atoms with van der Waals surface area (Å²) in [5.74, 6) is -2.73. The first kappa shape index (κ1) is 33.3. The van der Waals surface area contributed by atoms with Crippen LogP contribution in [0.5, 0.6) is 5.75 Å². The van der Waals surface area contributed by atoms with E-state index < -0.39 is 60.0 Å². The van der Waals surface area contributed by atoms with Gasteiger partial charge in [0.05, 0.1) is 12.6 Å². The second-order valence-electron chi connectivity index (χ2n) is 11.5. The van der Waals surface area contributed by atoms with Crippen molar-refractivity contribution in [3.8, 4) is 5.75 Å². The molecule has 2 rings (SSSR count). The minimum Gasteiger partial charge on any atom is -0.457 e. The van der Waals surface area contributed by atoms with Crippen LogP contribution in [0.4, 0.5) is 13.2 Å². The van der Waals surface area contributed by atoms with E-state index in [0.717, 1.165) is 24.2 Å². The highest BCUT2D eigenvalue weighted by Gasteiger charge is 2.49. The smallest absolute Gasteiger partial charge is 0.457 e. The molecule has 1 N–H and O–H groups in total. The van der Waals surface area contributed by atoms with Crippen LogP contribution in [-0.4, -0.2) is 48.2 Å². The average Bonchev–Trinajstić information content (AvgIpc) is 2.83. The quantitative estimate of drug-likeness (QED) is 0.127. The summed E-state index contributed by atoms with van der Waals surface area (Å²) in [6.07, 6.45) is 0. The van der Waals surface area contributed by atoms with Crippen LogP contribution >= 0.6 is 0 Å². The molecule has 0 saturated heterocycles. The molecule has 13 heteroatoms. The predicted molar refractivity (Wildman–Crippen MR) is 147 cm³/mol. The van der Waals surface area contributed by atoms with Gasteiger partial charge in [0.25, 0.3) is 5.91 Å². The van der Waals surface area contributed by atoms with Gasteiger partial charge in [-0.1, -0.05) is 71.9 Å². The molecule has 0 radical (unpaired) electrons. The molecule has 0 spiro atoms. The van der Waals surface area contributed by atoms with Crippen LogP contribution in [0.3, 0.4) is 0 Å². The van der Waals surface area contributed by atoms with E-state index in [1.165, 1.54) is 0 Å². The van der Waals surface area contributed by atoms with E-state index in [2.05, 4.69) is 30.3 Å². The molecule has 0 bridgehead atoms. The first-order valence-electron chi connectivity index (χ1n) is 12.5. The number of hydrogen-bond acceptors (Lipinski definition) is 7. The lowest BCUT2D eigenvalue weighted by atomic mass is 9.87. The molecule has 8 nitrogen and oxygen atoms in total. The minimum atomic E-state index is -6.09. The third-order valence-electron chi connectivity index (χ3n) is 5.79. The van der Waals surface area contributed by atoms with Crippen molar-refractivity contribution >= 4 is 31.8 Å². The molecule has 0 aliphatic carbocycles. The molecule has 0 aliphatic heterocycles. The SMILES string of the molecule is CC(C)(C)C[SiH2]OCC(NC(=O)c1ccc(OS(=O)(=O)C(F)(F)F)c(C(=O)OCc2ccccc2)c1)C(C)(C)C. The van der Waals surface area contributed by atoms with E-state index in [-0.39, 0.29) is 24.2 Å².